The third-order valence-corrected chi connectivity index (χ3v) is 4.06. The fourth-order valence-electron chi connectivity index (χ4n) is 3.19. The molecule has 0 aliphatic heterocycles. The highest BCUT2D eigenvalue weighted by molar-refractivity contribution is 6.14. The van der Waals surface area contributed by atoms with Crippen LogP contribution in [0.15, 0.2) is 42.7 Å². The first-order valence-electron chi connectivity index (χ1n) is 6.95. The molecular formula is C18H16N2. The summed E-state index contributed by atoms with van der Waals surface area (Å²) in [6, 6.07) is 10.9. The zero-order chi connectivity index (χ0) is 13.9. The van der Waals surface area contributed by atoms with Crippen LogP contribution in [0.3, 0.4) is 0 Å². The van der Waals surface area contributed by atoms with Crippen LogP contribution in [-0.2, 0) is 5.41 Å². The van der Waals surface area contributed by atoms with E-state index in [1.807, 2.05) is 0 Å². The molecule has 0 fully saturated rings. The fraction of sp³-hybridized carbons (Fsp3) is 0.222. The topological polar surface area (TPSA) is 25.8 Å². The van der Waals surface area contributed by atoms with E-state index >= 15 is 0 Å². The summed E-state index contributed by atoms with van der Waals surface area (Å²) in [7, 11) is 0. The number of hydrogen-bond acceptors (Lipinski definition) is 2. The van der Waals surface area contributed by atoms with Crippen molar-refractivity contribution in [1.29, 1.82) is 0 Å². The molecule has 0 atom stereocenters. The molecule has 0 saturated heterocycles. The molecule has 0 unspecified atom stereocenters. The second kappa shape index (κ2) is 3.66. The summed E-state index contributed by atoms with van der Waals surface area (Å²) in [5.41, 5.74) is 5.97. The largest absolute Gasteiger partial charge is 0.252 e. The molecule has 98 valence electrons. The van der Waals surface area contributed by atoms with Gasteiger partial charge in [-0.3, -0.25) is 9.97 Å². The number of rotatable bonds is 0. The maximum absolute atomic E-state index is 4.53. The highest BCUT2D eigenvalue weighted by Gasteiger charge is 2.26. The van der Waals surface area contributed by atoms with E-state index in [1.54, 1.807) is 12.4 Å². The van der Waals surface area contributed by atoms with Crippen LogP contribution >= 0.6 is 0 Å². The summed E-state index contributed by atoms with van der Waals surface area (Å²) in [4.78, 5) is 9.06. The van der Waals surface area contributed by atoms with Crippen LogP contribution in [0.25, 0.3) is 33.3 Å². The monoisotopic (exact) mass is 260 g/mol. The quantitative estimate of drug-likeness (QED) is 0.462. The Morgan fingerprint density at radius 2 is 1.45 bits per heavy atom. The Balaban J connectivity index is 2.19. The van der Waals surface area contributed by atoms with E-state index in [9.17, 15) is 0 Å². The van der Waals surface area contributed by atoms with Gasteiger partial charge in [0.05, 0.1) is 11.4 Å². The predicted molar refractivity (Wildman–Crippen MR) is 82.7 cm³/mol. The van der Waals surface area contributed by atoms with Gasteiger partial charge in [0.15, 0.2) is 0 Å². The minimum Gasteiger partial charge on any atom is -0.252 e. The molecular weight excluding hydrogens is 244 g/mol. The summed E-state index contributed by atoms with van der Waals surface area (Å²) < 4.78 is 0. The van der Waals surface area contributed by atoms with Crippen molar-refractivity contribution in [1.82, 2.24) is 9.97 Å². The molecule has 0 bridgehead atoms. The van der Waals surface area contributed by atoms with Gasteiger partial charge in [-0.1, -0.05) is 51.1 Å². The summed E-state index contributed by atoms with van der Waals surface area (Å²) in [5, 5.41) is 2.63. The molecule has 4 rings (SSSR count). The molecule has 3 aromatic rings. The Kier molecular flexibility index (Phi) is 2.12. The third kappa shape index (κ3) is 1.39. The van der Waals surface area contributed by atoms with Crippen molar-refractivity contribution >= 4 is 10.8 Å². The van der Waals surface area contributed by atoms with E-state index < -0.39 is 0 Å². The molecule has 0 radical (unpaired) electrons. The number of fused-ring (bicyclic) bond motifs is 3. The van der Waals surface area contributed by atoms with E-state index in [0.717, 1.165) is 11.4 Å². The van der Waals surface area contributed by atoms with Crippen LogP contribution < -0.4 is 0 Å². The van der Waals surface area contributed by atoms with Crippen molar-refractivity contribution in [3.05, 3.63) is 48.3 Å². The maximum atomic E-state index is 4.53. The minimum absolute atomic E-state index is 0.132. The number of aromatic nitrogens is 2. The average molecular weight is 260 g/mol. The lowest BCUT2D eigenvalue weighted by molar-refractivity contribution is 0.596. The molecule has 0 saturated carbocycles. The third-order valence-electron chi connectivity index (χ3n) is 4.06. The van der Waals surface area contributed by atoms with Crippen molar-refractivity contribution in [2.45, 2.75) is 26.2 Å². The van der Waals surface area contributed by atoms with Gasteiger partial charge in [0, 0.05) is 28.9 Å². The van der Waals surface area contributed by atoms with Crippen LogP contribution in [0.1, 0.15) is 26.3 Å². The molecule has 1 aliphatic carbocycles. The lowest BCUT2D eigenvalue weighted by Gasteiger charge is -2.22. The van der Waals surface area contributed by atoms with E-state index in [4.69, 9.17) is 0 Å². The van der Waals surface area contributed by atoms with Gasteiger partial charge in [-0.05, 0) is 16.4 Å². The molecule has 0 N–H and O–H groups in total. The number of benzene rings is 2. The predicted octanol–water partition coefficient (Wildman–Crippen LogP) is 4.57. The molecule has 0 amide bonds. The van der Waals surface area contributed by atoms with Gasteiger partial charge in [0.1, 0.15) is 0 Å². The van der Waals surface area contributed by atoms with E-state index in [-0.39, 0.29) is 5.41 Å². The van der Waals surface area contributed by atoms with Gasteiger partial charge in [-0.2, -0.15) is 0 Å². The average Bonchev–Trinajstić information content (AvgIpc) is 2.75. The van der Waals surface area contributed by atoms with Crippen LogP contribution in [-0.4, -0.2) is 9.97 Å². The first-order valence-corrected chi connectivity index (χ1v) is 6.95. The van der Waals surface area contributed by atoms with Crippen molar-refractivity contribution in [2.75, 3.05) is 0 Å². The Morgan fingerprint density at radius 1 is 0.800 bits per heavy atom. The van der Waals surface area contributed by atoms with Crippen molar-refractivity contribution in [3.63, 3.8) is 0 Å². The van der Waals surface area contributed by atoms with Gasteiger partial charge in [0.2, 0.25) is 0 Å². The number of nitrogens with zero attached hydrogens (tertiary/aromatic N) is 2. The SMILES string of the molecule is CC(C)(C)c1ccc2c3c(cccc13)-c1nccnc1-2. The molecule has 0 spiro atoms. The van der Waals surface area contributed by atoms with Gasteiger partial charge in [0.25, 0.3) is 0 Å². The maximum Gasteiger partial charge on any atom is 0.0971 e. The molecule has 2 aromatic carbocycles. The van der Waals surface area contributed by atoms with Crippen molar-refractivity contribution in [2.24, 2.45) is 0 Å². The first-order chi connectivity index (χ1) is 9.57. The molecule has 2 heteroatoms. The summed E-state index contributed by atoms with van der Waals surface area (Å²) in [6.45, 7) is 6.78. The summed E-state index contributed by atoms with van der Waals surface area (Å²) >= 11 is 0. The van der Waals surface area contributed by atoms with Crippen LogP contribution in [0.5, 0.6) is 0 Å². The molecule has 1 aromatic heterocycles. The van der Waals surface area contributed by atoms with Crippen LogP contribution in [0, 0.1) is 0 Å². The second-order valence-electron chi connectivity index (χ2n) is 6.39. The summed E-state index contributed by atoms with van der Waals surface area (Å²) in [6.07, 6.45) is 3.54. The van der Waals surface area contributed by atoms with Gasteiger partial charge < -0.3 is 0 Å². The lowest BCUT2D eigenvalue weighted by atomic mass is 9.82. The number of hydrogen-bond donors (Lipinski definition) is 0. The van der Waals surface area contributed by atoms with Gasteiger partial charge in [-0.15, -0.1) is 0 Å². The van der Waals surface area contributed by atoms with Crippen molar-refractivity contribution < 1.29 is 0 Å². The van der Waals surface area contributed by atoms with E-state index in [1.165, 1.54) is 27.5 Å². The highest BCUT2D eigenvalue weighted by atomic mass is 14.8. The standard InChI is InChI=1S/C18H16N2/c1-18(2,3)14-8-7-13-15-11(14)5-4-6-12(15)16-17(13)20-10-9-19-16/h4-10H,1-3H3. The smallest absolute Gasteiger partial charge is 0.0971 e. The molecule has 2 nitrogen and oxygen atoms in total. The lowest BCUT2D eigenvalue weighted by Crippen LogP contribution is -2.11. The molecule has 1 heterocycles. The zero-order valence-corrected chi connectivity index (χ0v) is 11.9. The van der Waals surface area contributed by atoms with Gasteiger partial charge >= 0.3 is 0 Å². The summed E-state index contributed by atoms with van der Waals surface area (Å²) in [5.74, 6) is 0. The highest BCUT2D eigenvalue weighted by Crippen LogP contribution is 2.47. The van der Waals surface area contributed by atoms with Crippen LogP contribution in [0.4, 0.5) is 0 Å². The first kappa shape index (κ1) is 11.6. The van der Waals surface area contributed by atoms with E-state index in [2.05, 4.69) is 61.1 Å². The second-order valence-corrected chi connectivity index (χ2v) is 6.39. The Hall–Kier alpha value is -2.22. The minimum atomic E-state index is 0.132. The van der Waals surface area contributed by atoms with E-state index in [0.29, 0.717) is 0 Å². The van der Waals surface area contributed by atoms with Crippen LogP contribution in [0.2, 0.25) is 0 Å². The molecule has 20 heavy (non-hydrogen) atoms. The fourth-order valence-corrected chi connectivity index (χ4v) is 3.19. The Labute approximate surface area is 118 Å². The Morgan fingerprint density at radius 3 is 2.10 bits per heavy atom. The molecule has 1 aliphatic rings. The zero-order valence-electron chi connectivity index (χ0n) is 11.9. The normalized spacial score (nSPS) is 12.8. The van der Waals surface area contributed by atoms with Crippen molar-refractivity contribution in [3.8, 4) is 22.5 Å². The Bertz CT molecular complexity index is 812. The van der Waals surface area contributed by atoms with Gasteiger partial charge in [-0.25, -0.2) is 0 Å².